The maximum Gasteiger partial charge on any atom is 0.257 e. The lowest BCUT2D eigenvalue weighted by atomic mass is 10.1. The van der Waals surface area contributed by atoms with Crippen LogP contribution in [0.15, 0.2) is 47.8 Å². The van der Waals surface area contributed by atoms with Gasteiger partial charge in [-0.25, -0.2) is 4.98 Å². The van der Waals surface area contributed by atoms with E-state index < -0.39 is 0 Å². The summed E-state index contributed by atoms with van der Waals surface area (Å²) in [6.07, 6.45) is 0.371. The first-order valence-electron chi connectivity index (χ1n) is 9.45. The fourth-order valence-electron chi connectivity index (χ4n) is 3.29. The Labute approximate surface area is 182 Å². The Bertz CT molecular complexity index is 1160. The summed E-state index contributed by atoms with van der Waals surface area (Å²) in [5.74, 6) is 0.381. The molecule has 0 unspecified atom stereocenters. The van der Waals surface area contributed by atoms with Crippen LogP contribution in [0.5, 0.6) is 11.5 Å². The molecule has 1 N–H and O–H groups in total. The molecular formula is C22H19N3O5S. The molecular weight excluding hydrogens is 418 g/mol. The summed E-state index contributed by atoms with van der Waals surface area (Å²) in [7, 11) is 3.15. The second kappa shape index (κ2) is 8.57. The number of imide groups is 1. The second-order valence-corrected chi connectivity index (χ2v) is 7.59. The maximum absolute atomic E-state index is 12.7. The number of nitrogens with zero attached hydrogens (tertiary/aromatic N) is 2. The van der Waals surface area contributed by atoms with Crippen LogP contribution in [-0.4, -0.2) is 36.9 Å². The molecule has 3 amide bonds. The lowest BCUT2D eigenvalue weighted by Crippen LogP contribution is -2.28. The normalized spacial score (nSPS) is 13.4. The van der Waals surface area contributed by atoms with Crippen molar-refractivity contribution in [3.8, 4) is 22.8 Å². The third-order valence-corrected chi connectivity index (χ3v) is 5.58. The summed E-state index contributed by atoms with van der Waals surface area (Å²) in [6, 6.07) is 11.8. The van der Waals surface area contributed by atoms with Crippen LogP contribution in [0.3, 0.4) is 0 Å². The van der Waals surface area contributed by atoms with E-state index in [0.29, 0.717) is 33.6 Å². The fraction of sp³-hybridized carbons (Fsp3) is 0.182. The Balaban J connectivity index is 1.55. The topological polar surface area (TPSA) is 97.8 Å². The van der Waals surface area contributed by atoms with Crippen LogP contribution < -0.4 is 19.7 Å². The van der Waals surface area contributed by atoms with Crippen molar-refractivity contribution >= 4 is 39.9 Å². The molecule has 0 bridgehead atoms. The van der Waals surface area contributed by atoms with Crippen LogP contribution in [0.25, 0.3) is 11.3 Å². The van der Waals surface area contributed by atoms with Crippen LogP contribution in [0.4, 0.5) is 10.8 Å². The largest absolute Gasteiger partial charge is 0.497 e. The highest BCUT2D eigenvalue weighted by Crippen LogP contribution is 2.35. The highest BCUT2D eigenvalue weighted by molar-refractivity contribution is 7.14. The van der Waals surface area contributed by atoms with Gasteiger partial charge in [0, 0.05) is 29.3 Å². The molecule has 2 heterocycles. The van der Waals surface area contributed by atoms with Crippen molar-refractivity contribution in [2.24, 2.45) is 0 Å². The summed E-state index contributed by atoms with van der Waals surface area (Å²) < 4.78 is 10.7. The minimum atomic E-state index is -0.389. The predicted molar refractivity (Wildman–Crippen MR) is 117 cm³/mol. The number of aromatic nitrogens is 1. The Morgan fingerprint density at radius 2 is 1.84 bits per heavy atom. The molecule has 4 rings (SSSR count). The number of carbonyl (C=O) groups excluding carboxylic acids is 3. The van der Waals surface area contributed by atoms with E-state index in [1.807, 2.05) is 11.4 Å². The van der Waals surface area contributed by atoms with Gasteiger partial charge in [0.15, 0.2) is 5.13 Å². The SMILES string of the molecule is COc1ccc(OC)c(-c2csc(NC(=O)c3cccc(N4C(=O)CCC4=O)c3)n2)c1. The summed E-state index contributed by atoms with van der Waals surface area (Å²) in [6.45, 7) is 0. The van der Waals surface area contributed by atoms with Crippen molar-refractivity contribution in [2.45, 2.75) is 12.8 Å². The third-order valence-electron chi connectivity index (χ3n) is 4.83. The van der Waals surface area contributed by atoms with Gasteiger partial charge in [-0.2, -0.15) is 0 Å². The Kier molecular flexibility index (Phi) is 5.68. The van der Waals surface area contributed by atoms with Crippen molar-refractivity contribution in [1.29, 1.82) is 0 Å². The number of thiazole rings is 1. The van der Waals surface area contributed by atoms with Gasteiger partial charge in [0.1, 0.15) is 11.5 Å². The average molecular weight is 437 g/mol. The van der Waals surface area contributed by atoms with E-state index >= 15 is 0 Å². The molecule has 0 radical (unpaired) electrons. The van der Waals surface area contributed by atoms with Gasteiger partial charge in [-0.15, -0.1) is 11.3 Å². The zero-order valence-electron chi connectivity index (χ0n) is 16.9. The number of carbonyl (C=O) groups is 3. The van der Waals surface area contributed by atoms with Crippen LogP contribution in [0.1, 0.15) is 23.2 Å². The molecule has 1 aromatic heterocycles. The molecule has 3 aromatic rings. The van der Waals surface area contributed by atoms with E-state index in [1.165, 1.54) is 17.4 Å². The van der Waals surface area contributed by atoms with Crippen molar-refractivity contribution < 1.29 is 23.9 Å². The first-order chi connectivity index (χ1) is 15.0. The molecule has 31 heavy (non-hydrogen) atoms. The molecule has 0 aliphatic carbocycles. The quantitative estimate of drug-likeness (QED) is 0.590. The number of hydrogen-bond acceptors (Lipinski definition) is 7. The van der Waals surface area contributed by atoms with E-state index in [4.69, 9.17) is 9.47 Å². The lowest BCUT2D eigenvalue weighted by Gasteiger charge is -2.14. The van der Waals surface area contributed by atoms with E-state index in [9.17, 15) is 14.4 Å². The lowest BCUT2D eigenvalue weighted by molar-refractivity contribution is -0.121. The van der Waals surface area contributed by atoms with Gasteiger partial charge in [-0.3, -0.25) is 24.6 Å². The van der Waals surface area contributed by atoms with Gasteiger partial charge in [-0.1, -0.05) is 6.07 Å². The number of amides is 3. The smallest absolute Gasteiger partial charge is 0.257 e. The van der Waals surface area contributed by atoms with Crippen molar-refractivity contribution in [2.75, 3.05) is 24.4 Å². The van der Waals surface area contributed by atoms with Crippen LogP contribution in [-0.2, 0) is 9.59 Å². The van der Waals surface area contributed by atoms with E-state index in [0.717, 1.165) is 10.5 Å². The number of ether oxygens (including phenoxy) is 2. The molecule has 2 aromatic carbocycles. The number of rotatable bonds is 6. The summed E-state index contributed by atoms with van der Waals surface area (Å²) in [5.41, 5.74) is 2.09. The summed E-state index contributed by atoms with van der Waals surface area (Å²) in [4.78, 5) is 42.3. The number of nitrogens with one attached hydrogen (secondary N) is 1. The molecule has 1 saturated heterocycles. The summed E-state index contributed by atoms with van der Waals surface area (Å²) >= 11 is 1.27. The Hall–Kier alpha value is -3.72. The molecule has 9 heteroatoms. The summed E-state index contributed by atoms with van der Waals surface area (Å²) in [5, 5.41) is 4.98. The minimum absolute atomic E-state index is 0.185. The number of hydrogen-bond donors (Lipinski definition) is 1. The zero-order chi connectivity index (χ0) is 22.0. The standard InChI is InChI=1S/C22H19N3O5S/c1-29-15-6-7-18(30-2)16(11-15)17-12-31-22(23-17)24-21(28)13-4-3-5-14(10-13)25-19(26)8-9-20(25)27/h3-7,10-12H,8-9H2,1-2H3,(H,23,24,28). The molecule has 1 aliphatic heterocycles. The maximum atomic E-state index is 12.7. The fourth-order valence-corrected chi connectivity index (χ4v) is 3.99. The van der Waals surface area contributed by atoms with Gasteiger partial charge in [0.05, 0.1) is 25.6 Å². The third kappa shape index (κ3) is 4.13. The highest BCUT2D eigenvalue weighted by atomic mass is 32.1. The van der Waals surface area contributed by atoms with Crippen molar-refractivity contribution in [3.63, 3.8) is 0 Å². The van der Waals surface area contributed by atoms with Gasteiger partial charge in [-0.05, 0) is 36.4 Å². The zero-order valence-corrected chi connectivity index (χ0v) is 17.7. The van der Waals surface area contributed by atoms with Crippen LogP contribution in [0, 0.1) is 0 Å². The average Bonchev–Trinajstić information content (AvgIpc) is 3.39. The van der Waals surface area contributed by atoms with E-state index in [2.05, 4.69) is 10.3 Å². The monoisotopic (exact) mass is 437 g/mol. The van der Waals surface area contributed by atoms with Crippen molar-refractivity contribution in [3.05, 3.63) is 53.4 Å². The van der Waals surface area contributed by atoms with Gasteiger partial charge in [0.2, 0.25) is 11.8 Å². The van der Waals surface area contributed by atoms with Gasteiger partial charge in [0.25, 0.3) is 5.91 Å². The molecule has 1 fully saturated rings. The minimum Gasteiger partial charge on any atom is -0.497 e. The van der Waals surface area contributed by atoms with Gasteiger partial charge < -0.3 is 9.47 Å². The first-order valence-corrected chi connectivity index (χ1v) is 10.3. The van der Waals surface area contributed by atoms with E-state index in [-0.39, 0.29) is 30.6 Å². The molecule has 1 aliphatic rings. The van der Waals surface area contributed by atoms with Crippen molar-refractivity contribution in [1.82, 2.24) is 4.98 Å². The Morgan fingerprint density at radius 1 is 1.06 bits per heavy atom. The number of anilines is 2. The van der Waals surface area contributed by atoms with Gasteiger partial charge >= 0.3 is 0 Å². The molecule has 8 nitrogen and oxygen atoms in total. The molecule has 0 atom stereocenters. The number of methoxy groups -OCH3 is 2. The molecule has 0 saturated carbocycles. The van der Waals surface area contributed by atoms with E-state index in [1.54, 1.807) is 44.6 Å². The highest BCUT2D eigenvalue weighted by Gasteiger charge is 2.30. The second-order valence-electron chi connectivity index (χ2n) is 6.73. The molecule has 158 valence electrons. The predicted octanol–water partition coefficient (Wildman–Crippen LogP) is 3.73. The number of benzene rings is 2. The van der Waals surface area contributed by atoms with Crippen LogP contribution >= 0.6 is 11.3 Å². The molecule has 0 spiro atoms. The van der Waals surface area contributed by atoms with Crippen LogP contribution in [0.2, 0.25) is 0 Å². The first kappa shape index (κ1) is 20.5. The Morgan fingerprint density at radius 3 is 2.55 bits per heavy atom.